The molecular weight excluding hydrogens is 458 g/mol. The summed E-state index contributed by atoms with van der Waals surface area (Å²) in [4.78, 5) is 40.0. The van der Waals surface area contributed by atoms with E-state index >= 15 is 0 Å². The van der Waals surface area contributed by atoms with Crippen molar-refractivity contribution < 1.29 is 37.1 Å². The molecule has 4 amide bonds. The number of benzene rings is 2. The van der Waals surface area contributed by atoms with E-state index in [9.17, 15) is 37.1 Å². The molecule has 4 rings (SSSR count). The zero-order chi connectivity index (χ0) is 24.8. The lowest BCUT2D eigenvalue weighted by molar-refractivity contribution is -0.187. The Morgan fingerprint density at radius 1 is 1.21 bits per heavy atom. The van der Waals surface area contributed by atoms with E-state index in [4.69, 9.17) is 0 Å². The van der Waals surface area contributed by atoms with Crippen molar-refractivity contribution in [1.29, 1.82) is 0 Å². The number of carbonyl (C=O) groups excluding carboxylic acids is 3. The largest absolute Gasteiger partial charge is 0.408 e. The van der Waals surface area contributed by atoms with Crippen molar-refractivity contribution in [3.05, 3.63) is 71.0 Å². The minimum atomic E-state index is -4.78. The van der Waals surface area contributed by atoms with E-state index in [2.05, 4.69) is 5.32 Å². The summed E-state index contributed by atoms with van der Waals surface area (Å²) in [5, 5.41) is 12.9. The molecule has 180 valence electrons. The van der Waals surface area contributed by atoms with Gasteiger partial charge in [-0.05, 0) is 35.7 Å². The molecule has 1 saturated heterocycles. The molecular formula is C23H21F4N3O4. The first-order chi connectivity index (χ1) is 15.9. The van der Waals surface area contributed by atoms with E-state index in [0.29, 0.717) is 20.9 Å². The Kier molecular flexibility index (Phi) is 5.84. The molecule has 0 unspecified atom stereocenters. The molecule has 1 fully saturated rings. The van der Waals surface area contributed by atoms with Gasteiger partial charge in [0.25, 0.3) is 5.91 Å². The van der Waals surface area contributed by atoms with Crippen molar-refractivity contribution in [2.24, 2.45) is 0 Å². The molecule has 0 aromatic heterocycles. The quantitative estimate of drug-likeness (QED) is 0.510. The van der Waals surface area contributed by atoms with Crippen LogP contribution in [0.15, 0.2) is 48.5 Å². The second-order valence-corrected chi connectivity index (χ2v) is 8.40. The van der Waals surface area contributed by atoms with Crippen LogP contribution in [0.4, 0.5) is 22.4 Å². The topological polar surface area (TPSA) is 90.0 Å². The second kappa shape index (κ2) is 8.39. The fraction of sp³-hybridized carbons (Fsp3) is 0.348. The fourth-order valence-electron chi connectivity index (χ4n) is 4.41. The Labute approximate surface area is 192 Å². The van der Waals surface area contributed by atoms with Crippen molar-refractivity contribution in [3.63, 3.8) is 0 Å². The number of rotatable bonds is 5. The van der Waals surface area contributed by atoms with Gasteiger partial charge in [0, 0.05) is 13.0 Å². The molecule has 1 spiro atoms. The normalized spacial score (nSPS) is 22.6. The summed E-state index contributed by atoms with van der Waals surface area (Å²) < 4.78 is 53.7. The van der Waals surface area contributed by atoms with Crippen LogP contribution < -0.4 is 5.32 Å². The maximum Gasteiger partial charge on any atom is 0.408 e. The minimum absolute atomic E-state index is 0.153. The standard InChI is InChI=1S/C23H21F4N3O4/c1-13(23(25,26)27)29(11-14-6-8-15(24)9-7-14)19(32)12-30-20(33)22(28-21(30)34)10-18(31)16-4-2-3-5-17(16)22/h2-9,13,18,31H,10-12H2,1H3,(H,28,34)/t13-,18-,22-/m0/s1. The fourth-order valence-corrected chi connectivity index (χ4v) is 4.41. The molecule has 2 aliphatic rings. The monoisotopic (exact) mass is 479 g/mol. The van der Waals surface area contributed by atoms with Crippen LogP contribution in [0.5, 0.6) is 0 Å². The third kappa shape index (κ3) is 4.00. The number of urea groups is 1. The summed E-state index contributed by atoms with van der Waals surface area (Å²) >= 11 is 0. The first kappa shape index (κ1) is 23.7. The van der Waals surface area contributed by atoms with Crippen LogP contribution >= 0.6 is 0 Å². The Morgan fingerprint density at radius 3 is 2.50 bits per heavy atom. The van der Waals surface area contributed by atoms with E-state index in [1.807, 2.05) is 0 Å². The second-order valence-electron chi connectivity index (χ2n) is 8.40. The SMILES string of the molecule is C[C@H](N(Cc1ccc(F)cc1)C(=O)CN1C(=O)N[C@]2(C[C@H](O)c3ccccc32)C1=O)C(F)(F)F. The van der Waals surface area contributed by atoms with Crippen molar-refractivity contribution in [2.45, 2.75) is 43.8 Å². The van der Waals surface area contributed by atoms with Gasteiger partial charge in [-0.1, -0.05) is 36.4 Å². The van der Waals surface area contributed by atoms with E-state index in [0.717, 1.165) is 19.1 Å². The van der Waals surface area contributed by atoms with Gasteiger partial charge >= 0.3 is 12.2 Å². The molecule has 0 radical (unpaired) electrons. The first-order valence-electron chi connectivity index (χ1n) is 10.5. The summed E-state index contributed by atoms with van der Waals surface area (Å²) in [7, 11) is 0. The average molecular weight is 479 g/mol. The van der Waals surface area contributed by atoms with Crippen LogP contribution in [-0.4, -0.2) is 51.5 Å². The predicted octanol–water partition coefficient (Wildman–Crippen LogP) is 2.99. The number of imide groups is 1. The Morgan fingerprint density at radius 2 is 1.85 bits per heavy atom. The number of nitrogens with zero attached hydrogens (tertiary/aromatic N) is 2. The Hall–Kier alpha value is -3.47. The third-order valence-electron chi connectivity index (χ3n) is 6.28. The molecule has 1 aliphatic carbocycles. The number of alkyl halides is 3. The highest BCUT2D eigenvalue weighted by atomic mass is 19.4. The molecule has 34 heavy (non-hydrogen) atoms. The Balaban J connectivity index is 1.60. The highest BCUT2D eigenvalue weighted by Gasteiger charge is 2.58. The molecule has 11 heteroatoms. The van der Waals surface area contributed by atoms with Gasteiger partial charge in [-0.15, -0.1) is 0 Å². The van der Waals surface area contributed by atoms with E-state index in [1.165, 1.54) is 12.1 Å². The number of hydrogen-bond acceptors (Lipinski definition) is 4. The van der Waals surface area contributed by atoms with Gasteiger partial charge < -0.3 is 15.3 Å². The van der Waals surface area contributed by atoms with Crippen molar-refractivity contribution in [1.82, 2.24) is 15.1 Å². The summed E-state index contributed by atoms with van der Waals surface area (Å²) in [5.41, 5.74) is -0.520. The zero-order valence-corrected chi connectivity index (χ0v) is 18.0. The zero-order valence-electron chi connectivity index (χ0n) is 18.0. The molecule has 3 atom stereocenters. The molecule has 2 aromatic carbocycles. The van der Waals surface area contributed by atoms with Crippen molar-refractivity contribution >= 4 is 17.8 Å². The Bertz CT molecular complexity index is 1140. The summed E-state index contributed by atoms with van der Waals surface area (Å²) in [5.74, 6) is -2.52. The predicted molar refractivity (Wildman–Crippen MR) is 110 cm³/mol. The molecule has 7 nitrogen and oxygen atoms in total. The van der Waals surface area contributed by atoms with E-state index in [-0.39, 0.29) is 12.0 Å². The number of carbonyl (C=O) groups is 3. The number of aliphatic hydroxyl groups excluding tert-OH is 1. The van der Waals surface area contributed by atoms with Gasteiger partial charge in [-0.25, -0.2) is 9.18 Å². The van der Waals surface area contributed by atoms with Crippen LogP contribution in [0.3, 0.4) is 0 Å². The lowest BCUT2D eigenvalue weighted by Crippen LogP contribution is -2.51. The van der Waals surface area contributed by atoms with Gasteiger partial charge in [0.2, 0.25) is 5.91 Å². The molecule has 0 saturated carbocycles. The smallest absolute Gasteiger partial charge is 0.388 e. The molecule has 2 N–H and O–H groups in total. The van der Waals surface area contributed by atoms with Crippen LogP contribution in [0, 0.1) is 5.82 Å². The van der Waals surface area contributed by atoms with E-state index < -0.39 is 60.6 Å². The summed E-state index contributed by atoms with van der Waals surface area (Å²) in [6, 6.07) is 7.91. The maximum atomic E-state index is 13.5. The van der Waals surface area contributed by atoms with Crippen LogP contribution in [0.2, 0.25) is 0 Å². The maximum absolute atomic E-state index is 13.5. The van der Waals surface area contributed by atoms with Crippen LogP contribution in [-0.2, 0) is 21.7 Å². The number of aliphatic hydroxyl groups is 1. The third-order valence-corrected chi connectivity index (χ3v) is 6.28. The van der Waals surface area contributed by atoms with Gasteiger partial charge in [-0.2, -0.15) is 13.2 Å². The van der Waals surface area contributed by atoms with Crippen molar-refractivity contribution in [2.75, 3.05) is 6.54 Å². The number of nitrogens with one attached hydrogen (secondary N) is 1. The lowest BCUT2D eigenvalue weighted by Gasteiger charge is -2.32. The molecule has 1 aliphatic heterocycles. The molecule has 0 bridgehead atoms. The average Bonchev–Trinajstić information content (AvgIpc) is 3.20. The number of amides is 4. The minimum Gasteiger partial charge on any atom is -0.388 e. The van der Waals surface area contributed by atoms with Gasteiger partial charge in [-0.3, -0.25) is 14.5 Å². The lowest BCUT2D eigenvalue weighted by atomic mass is 9.92. The van der Waals surface area contributed by atoms with Gasteiger partial charge in [0.15, 0.2) is 0 Å². The van der Waals surface area contributed by atoms with Gasteiger partial charge in [0.1, 0.15) is 23.9 Å². The first-order valence-corrected chi connectivity index (χ1v) is 10.5. The number of hydrogen-bond donors (Lipinski definition) is 2. The molecule has 2 aromatic rings. The number of halogens is 4. The van der Waals surface area contributed by atoms with Crippen molar-refractivity contribution in [3.8, 4) is 0 Å². The van der Waals surface area contributed by atoms with E-state index in [1.54, 1.807) is 24.3 Å². The van der Waals surface area contributed by atoms with Crippen LogP contribution in [0.25, 0.3) is 0 Å². The number of fused-ring (bicyclic) bond motifs is 2. The highest BCUT2D eigenvalue weighted by molar-refractivity contribution is 6.10. The molecule has 1 heterocycles. The highest BCUT2D eigenvalue weighted by Crippen LogP contribution is 2.46. The summed E-state index contributed by atoms with van der Waals surface area (Å²) in [6.07, 6.45) is -5.96. The van der Waals surface area contributed by atoms with Crippen LogP contribution in [0.1, 0.15) is 36.1 Å². The summed E-state index contributed by atoms with van der Waals surface area (Å²) in [6.45, 7) is -0.638. The van der Waals surface area contributed by atoms with Gasteiger partial charge in [0.05, 0.1) is 6.10 Å².